The normalized spacial score (nSPS) is 27.7. The Labute approximate surface area is 199 Å². The number of nitrogens with zero attached hydrogens (tertiary/aromatic N) is 4. The zero-order valence-electron chi connectivity index (χ0n) is 18.5. The molecule has 0 bridgehead atoms. The van der Waals surface area contributed by atoms with Crippen molar-refractivity contribution < 1.29 is 4.74 Å². The SMILES string of the molecule is CCNC(=NCC1CCCN1CC)N1CC2OCCN(Cc3ccccc3)C2C1.I. The molecule has 0 aromatic heterocycles. The number of morpholine rings is 1. The standard InChI is InChI=1S/C23H37N5O.HI/c1-3-24-23(25-15-20-11-8-12-26(20)4-2)28-17-21-22(18-28)29-14-13-27(21)16-19-9-6-5-7-10-19;/h5-7,9-10,20-22H,3-4,8,11-18H2,1-2H3,(H,24,25);1H. The second-order valence-electron chi connectivity index (χ2n) is 8.46. The van der Waals surface area contributed by atoms with Gasteiger partial charge in [-0.3, -0.25) is 14.8 Å². The van der Waals surface area contributed by atoms with Gasteiger partial charge < -0.3 is 15.0 Å². The van der Waals surface area contributed by atoms with Crippen LogP contribution in [-0.4, -0.2) is 91.3 Å². The van der Waals surface area contributed by atoms with Gasteiger partial charge in [-0.15, -0.1) is 24.0 Å². The summed E-state index contributed by atoms with van der Waals surface area (Å²) in [4.78, 5) is 12.7. The van der Waals surface area contributed by atoms with Crippen molar-refractivity contribution in [3.05, 3.63) is 35.9 Å². The summed E-state index contributed by atoms with van der Waals surface area (Å²) < 4.78 is 6.17. The van der Waals surface area contributed by atoms with Crippen LogP contribution in [0, 0.1) is 0 Å². The van der Waals surface area contributed by atoms with Crippen LogP contribution in [0.5, 0.6) is 0 Å². The molecule has 3 heterocycles. The average Bonchev–Trinajstić information content (AvgIpc) is 3.39. The molecule has 30 heavy (non-hydrogen) atoms. The number of halogens is 1. The summed E-state index contributed by atoms with van der Waals surface area (Å²) in [5, 5.41) is 3.54. The molecule has 3 saturated heterocycles. The zero-order chi connectivity index (χ0) is 20.1. The van der Waals surface area contributed by atoms with E-state index in [-0.39, 0.29) is 30.1 Å². The predicted octanol–water partition coefficient (Wildman–Crippen LogP) is 2.64. The number of benzene rings is 1. The molecule has 3 atom stereocenters. The monoisotopic (exact) mass is 527 g/mol. The fourth-order valence-electron chi connectivity index (χ4n) is 5.08. The lowest BCUT2D eigenvalue weighted by Gasteiger charge is -2.36. The molecule has 0 saturated carbocycles. The molecule has 3 unspecified atom stereocenters. The number of hydrogen-bond acceptors (Lipinski definition) is 4. The molecule has 168 valence electrons. The van der Waals surface area contributed by atoms with Crippen LogP contribution >= 0.6 is 24.0 Å². The lowest BCUT2D eigenvalue weighted by atomic mass is 10.1. The highest BCUT2D eigenvalue weighted by atomic mass is 127. The van der Waals surface area contributed by atoms with E-state index < -0.39 is 0 Å². The van der Waals surface area contributed by atoms with E-state index >= 15 is 0 Å². The number of rotatable bonds is 6. The fourth-order valence-corrected chi connectivity index (χ4v) is 5.08. The van der Waals surface area contributed by atoms with Crippen molar-refractivity contribution in [1.29, 1.82) is 0 Å². The molecule has 1 aromatic rings. The van der Waals surface area contributed by atoms with E-state index in [0.717, 1.165) is 58.4 Å². The van der Waals surface area contributed by atoms with Gasteiger partial charge in [0.15, 0.2) is 5.96 Å². The van der Waals surface area contributed by atoms with Gasteiger partial charge >= 0.3 is 0 Å². The van der Waals surface area contributed by atoms with Crippen LogP contribution in [0.2, 0.25) is 0 Å². The first-order valence-electron chi connectivity index (χ1n) is 11.4. The first-order chi connectivity index (χ1) is 14.3. The molecular weight excluding hydrogens is 489 g/mol. The van der Waals surface area contributed by atoms with Gasteiger partial charge in [-0.25, -0.2) is 0 Å². The van der Waals surface area contributed by atoms with E-state index in [1.807, 2.05) is 0 Å². The van der Waals surface area contributed by atoms with E-state index in [9.17, 15) is 0 Å². The van der Waals surface area contributed by atoms with Crippen molar-refractivity contribution in [3.63, 3.8) is 0 Å². The van der Waals surface area contributed by atoms with Crippen molar-refractivity contribution in [3.8, 4) is 0 Å². The maximum absolute atomic E-state index is 6.17. The Morgan fingerprint density at radius 2 is 1.97 bits per heavy atom. The van der Waals surface area contributed by atoms with Crippen LogP contribution < -0.4 is 5.32 Å². The van der Waals surface area contributed by atoms with Crippen LogP contribution in [-0.2, 0) is 11.3 Å². The number of nitrogens with one attached hydrogen (secondary N) is 1. The smallest absolute Gasteiger partial charge is 0.194 e. The molecular formula is C23H38IN5O. The van der Waals surface area contributed by atoms with Gasteiger partial charge in [0.05, 0.1) is 25.3 Å². The molecule has 3 aliphatic heterocycles. The summed E-state index contributed by atoms with van der Waals surface area (Å²) >= 11 is 0. The number of fused-ring (bicyclic) bond motifs is 1. The summed E-state index contributed by atoms with van der Waals surface area (Å²) in [6.45, 7) is 13.3. The zero-order valence-corrected chi connectivity index (χ0v) is 20.8. The highest BCUT2D eigenvalue weighted by molar-refractivity contribution is 14.0. The lowest BCUT2D eigenvalue weighted by Crippen LogP contribution is -2.50. The van der Waals surface area contributed by atoms with E-state index in [2.05, 4.69) is 64.2 Å². The van der Waals surface area contributed by atoms with Crippen LogP contribution in [0.1, 0.15) is 32.3 Å². The third-order valence-corrected chi connectivity index (χ3v) is 6.64. The van der Waals surface area contributed by atoms with Gasteiger partial charge in [0.2, 0.25) is 0 Å². The molecule has 0 radical (unpaired) electrons. The van der Waals surface area contributed by atoms with Crippen molar-refractivity contribution in [2.24, 2.45) is 4.99 Å². The quantitative estimate of drug-likeness (QED) is 0.350. The van der Waals surface area contributed by atoms with Crippen LogP contribution in [0.4, 0.5) is 0 Å². The van der Waals surface area contributed by atoms with Crippen LogP contribution in [0.3, 0.4) is 0 Å². The lowest BCUT2D eigenvalue weighted by molar-refractivity contribution is -0.0502. The van der Waals surface area contributed by atoms with Gasteiger partial charge in [0.25, 0.3) is 0 Å². The molecule has 0 spiro atoms. The molecule has 3 aliphatic rings. The molecule has 1 aromatic carbocycles. The molecule has 0 aliphatic carbocycles. The van der Waals surface area contributed by atoms with Crippen molar-refractivity contribution >= 4 is 29.9 Å². The number of aliphatic imine (C=N–C) groups is 1. The Morgan fingerprint density at radius 3 is 2.73 bits per heavy atom. The number of ether oxygens (including phenoxy) is 1. The maximum atomic E-state index is 6.17. The molecule has 1 N–H and O–H groups in total. The molecule has 3 fully saturated rings. The Kier molecular flexibility index (Phi) is 9.22. The van der Waals surface area contributed by atoms with Crippen LogP contribution in [0.25, 0.3) is 0 Å². The van der Waals surface area contributed by atoms with E-state index in [1.165, 1.54) is 24.9 Å². The van der Waals surface area contributed by atoms with Crippen LogP contribution in [0.15, 0.2) is 35.3 Å². The van der Waals surface area contributed by atoms with Crippen molar-refractivity contribution in [1.82, 2.24) is 20.0 Å². The van der Waals surface area contributed by atoms with Gasteiger partial charge in [-0.2, -0.15) is 0 Å². The minimum atomic E-state index is 0. The fraction of sp³-hybridized carbons (Fsp3) is 0.696. The molecule has 7 heteroatoms. The molecule has 4 rings (SSSR count). The minimum absolute atomic E-state index is 0. The molecule has 6 nitrogen and oxygen atoms in total. The Morgan fingerprint density at radius 1 is 1.13 bits per heavy atom. The highest BCUT2D eigenvalue weighted by Gasteiger charge is 2.41. The second kappa shape index (κ2) is 11.6. The summed E-state index contributed by atoms with van der Waals surface area (Å²) in [5.74, 6) is 1.06. The predicted molar refractivity (Wildman–Crippen MR) is 134 cm³/mol. The second-order valence-corrected chi connectivity index (χ2v) is 8.46. The number of likely N-dealkylation sites (tertiary alicyclic amines) is 2. The summed E-state index contributed by atoms with van der Waals surface area (Å²) in [6.07, 6.45) is 2.85. The number of hydrogen-bond donors (Lipinski definition) is 1. The highest BCUT2D eigenvalue weighted by Crippen LogP contribution is 2.25. The average molecular weight is 527 g/mol. The van der Waals surface area contributed by atoms with Gasteiger partial charge in [0, 0.05) is 38.8 Å². The van der Waals surface area contributed by atoms with E-state index in [4.69, 9.17) is 9.73 Å². The van der Waals surface area contributed by atoms with Crippen molar-refractivity contribution in [2.75, 3.05) is 52.4 Å². The first-order valence-corrected chi connectivity index (χ1v) is 11.4. The van der Waals surface area contributed by atoms with Crippen molar-refractivity contribution in [2.45, 2.75) is 51.4 Å². The number of likely N-dealkylation sites (N-methyl/N-ethyl adjacent to an activating group) is 1. The third-order valence-electron chi connectivity index (χ3n) is 6.64. The van der Waals surface area contributed by atoms with Gasteiger partial charge in [0.1, 0.15) is 0 Å². The Bertz CT molecular complexity index is 673. The summed E-state index contributed by atoms with van der Waals surface area (Å²) in [5.41, 5.74) is 1.38. The van der Waals surface area contributed by atoms with Gasteiger partial charge in [-0.1, -0.05) is 37.3 Å². The summed E-state index contributed by atoms with van der Waals surface area (Å²) in [6, 6.07) is 11.8. The number of guanidine groups is 1. The Hall–Kier alpha value is -0.900. The Balaban J connectivity index is 0.00000256. The topological polar surface area (TPSA) is 43.3 Å². The maximum Gasteiger partial charge on any atom is 0.194 e. The van der Waals surface area contributed by atoms with E-state index in [1.54, 1.807) is 0 Å². The minimum Gasteiger partial charge on any atom is -0.373 e. The van der Waals surface area contributed by atoms with Gasteiger partial charge in [-0.05, 0) is 38.4 Å². The molecule has 0 amide bonds. The third kappa shape index (κ3) is 5.66. The largest absolute Gasteiger partial charge is 0.373 e. The van der Waals surface area contributed by atoms with E-state index in [0.29, 0.717) is 12.1 Å². The summed E-state index contributed by atoms with van der Waals surface area (Å²) in [7, 11) is 0. The first kappa shape index (κ1) is 23.8.